The topological polar surface area (TPSA) is 72.2 Å². The predicted octanol–water partition coefficient (Wildman–Crippen LogP) is 0.550. The first-order valence-electron chi connectivity index (χ1n) is 3.33. The highest BCUT2D eigenvalue weighted by molar-refractivity contribution is 5.88. The van der Waals surface area contributed by atoms with Crippen LogP contribution in [0.4, 0.5) is 0 Å². The molecule has 0 aromatic carbocycles. The maximum absolute atomic E-state index is 10.7. The fourth-order valence-corrected chi connectivity index (χ4v) is 0.833. The third kappa shape index (κ3) is 1.34. The second-order valence-electron chi connectivity index (χ2n) is 2.43. The van der Waals surface area contributed by atoms with E-state index < -0.39 is 5.97 Å². The molecule has 0 saturated carbocycles. The van der Waals surface area contributed by atoms with Crippen LogP contribution in [0.2, 0.25) is 0 Å². The molecule has 1 aromatic heterocycles. The van der Waals surface area contributed by atoms with Crippen molar-refractivity contribution in [3.8, 4) is 0 Å². The first kappa shape index (κ1) is 8.45. The Morgan fingerprint density at radius 1 is 1.58 bits per heavy atom. The largest absolute Gasteiger partial charge is 0.476 e. The Labute approximate surface area is 68.6 Å². The van der Waals surface area contributed by atoms with E-state index in [4.69, 9.17) is 5.11 Å². The maximum Gasteiger partial charge on any atom is 0.356 e. The molecule has 1 rings (SSSR count). The number of carbonyl (C=O) groups is 2. The van der Waals surface area contributed by atoms with Gasteiger partial charge in [-0.1, -0.05) is 0 Å². The normalized spacial score (nSPS) is 9.83. The SMILES string of the molecule is CC(=O)n1cc(C)c(C(=O)O)n1. The van der Waals surface area contributed by atoms with Crippen molar-refractivity contribution in [3.63, 3.8) is 0 Å². The van der Waals surface area contributed by atoms with E-state index in [9.17, 15) is 9.59 Å². The summed E-state index contributed by atoms with van der Waals surface area (Å²) in [7, 11) is 0. The summed E-state index contributed by atoms with van der Waals surface area (Å²) in [5.74, 6) is -1.42. The van der Waals surface area contributed by atoms with Crippen molar-refractivity contribution in [2.75, 3.05) is 0 Å². The van der Waals surface area contributed by atoms with Gasteiger partial charge in [0.05, 0.1) is 0 Å². The number of hydrogen-bond donors (Lipinski definition) is 1. The average Bonchev–Trinajstić information content (AvgIpc) is 2.30. The van der Waals surface area contributed by atoms with Crippen LogP contribution >= 0.6 is 0 Å². The van der Waals surface area contributed by atoms with Gasteiger partial charge in [-0.2, -0.15) is 5.10 Å². The summed E-state index contributed by atoms with van der Waals surface area (Å²) in [6.07, 6.45) is 1.39. The van der Waals surface area contributed by atoms with Crippen molar-refractivity contribution in [1.29, 1.82) is 0 Å². The van der Waals surface area contributed by atoms with Crippen molar-refractivity contribution in [1.82, 2.24) is 9.78 Å². The third-order valence-electron chi connectivity index (χ3n) is 1.42. The van der Waals surface area contributed by atoms with Crippen LogP contribution in [0, 0.1) is 6.92 Å². The van der Waals surface area contributed by atoms with Crippen molar-refractivity contribution in [2.45, 2.75) is 13.8 Å². The van der Waals surface area contributed by atoms with E-state index in [1.165, 1.54) is 13.1 Å². The van der Waals surface area contributed by atoms with Crippen molar-refractivity contribution < 1.29 is 14.7 Å². The van der Waals surface area contributed by atoms with Crippen molar-refractivity contribution in [3.05, 3.63) is 17.5 Å². The Bertz CT molecular complexity index is 340. The number of aromatic nitrogens is 2. The van der Waals surface area contributed by atoms with E-state index in [2.05, 4.69) is 5.10 Å². The molecule has 0 atom stereocenters. The quantitative estimate of drug-likeness (QED) is 0.664. The molecule has 5 nitrogen and oxygen atoms in total. The molecule has 64 valence electrons. The minimum atomic E-state index is -1.12. The highest BCUT2D eigenvalue weighted by Crippen LogP contribution is 2.04. The van der Waals surface area contributed by atoms with Gasteiger partial charge in [0.1, 0.15) is 0 Å². The molecule has 5 heteroatoms. The molecule has 0 saturated heterocycles. The van der Waals surface area contributed by atoms with Crippen LogP contribution in [0.15, 0.2) is 6.20 Å². The Morgan fingerprint density at radius 2 is 2.17 bits per heavy atom. The summed E-state index contributed by atoms with van der Waals surface area (Å²) in [6, 6.07) is 0. The number of carbonyl (C=O) groups excluding carboxylic acids is 1. The van der Waals surface area contributed by atoms with Gasteiger partial charge < -0.3 is 5.11 Å². The molecule has 0 aliphatic carbocycles. The van der Waals surface area contributed by atoms with Gasteiger partial charge in [0.25, 0.3) is 0 Å². The molecule has 1 aromatic rings. The molecular formula is C7H8N2O3. The Morgan fingerprint density at radius 3 is 2.42 bits per heavy atom. The van der Waals surface area contributed by atoms with Gasteiger partial charge in [-0.25, -0.2) is 9.48 Å². The molecular weight excluding hydrogens is 160 g/mol. The number of nitrogens with zero attached hydrogens (tertiary/aromatic N) is 2. The van der Waals surface area contributed by atoms with Gasteiger partial charge in [0, 0.05) is 18.7 Å². The fraction of sp³-hybridized carbons (Fsp3) is 0.286. The van der Waals surface area contributed by atoms with E-state index in [0.717, 1.165) is 4.68 Å². The van der Waals surface area contributed by atoms with E-state index in [-0.39, 0.29) is 11.6 Å². The van der Waals surface area contributed by atoms with Gasteiger partial charge in [0.2, 0.25) is 5.91 Å². The number of carboxylic acids is 1. The number of aromatic carboxylic acids is 1. The van der Waals surface area contributed by atoms with Crippen LogP contribution in [0.1, 0.15) is 27.8 Å². The van der Waals surface area contributed by atoms with Crippen LogP contribution in [0.5, 0.6) is 0 Å². The Balaban J connectivity index is 3.17. The number of rotatable bonds is 1. The zero-order valence-electron chi connectivity index (χ0n) is 6.74. The summed E-state index contributed by atoms with van der Waals surface area (Å²) in [5.41, 5.74) is 0.405. The van der Waals surface area contributed by atoms with Crippen molar-refractivity contribution in [2.24, 2.45) is 0 Å². The number of aryl methyl sites for hydroxylation is 1. The second-order valence-corrected chi connectivity index (χ2v) is 2.43. The van der Waals surface area contributed by atoms with Gasteiger partial charge >= 0.3 is 5.97 Å². The summed E-state index contributed by atoms with van der Waals surface area (Å²) in [6.45, 7) is 2.91. The highest BCUT2D eigenvalue weighted by Gasteiger charge is 2.13. The molecule has 0 fully saturated rings. The summed E-state index contributed by atoms with van der Waals surface area (Å²) in [4.78, 5) is 21.2. The van der Waals surface area contributed by atoms with Crippen LogP contribution in [0.25, 0.3) is 0 Å². The lowest BCUT2D eigenvalue weighted by molar-refractivity contribution is 0.0689. The number of carboxylic acid groups (broad SMARTS) is 1. The highest BCUT2D eigenvalue weighted by atomic mass is 16.4. The molecule has 0 amide bonds. The van der Waals surface area contributed by atoms with E-state index in [1.54, 1.807) is 6.92 Å². The molecule has 0 bridgehead atoms. The lowest BCUT2D eigenvalue weighted by Gasteiger charge is -1.89. The number of hydrogen-bond acceptors (Lipinski definition) is 3. The predicted molar refractivity (Wildman–Crippen MR) is 40.2 cm³/mol. The second kappa shape index (κ2) is 2.77. The molecule has 0 aliphatic rings. The van der Waals surface area contributed by atoms with Gasteiger partial charge in [-0.3, -0.25) is 4.79 Å². The van der Waals surface area contributed by atoms with Crippen LogP contribution < -0.4 is 0 Å². The first-order valence-corrected chi connectivity index (χ1v) is 3.33. The van der Waals surface area contributed by atoms with Crippen LogP contribution in [-0.4, -0.2) is 26.8 Å². The molecule has 1 heterocycles. The Hall–Kier alpha value is -1.65. The minimum absolute atomic E-state index is 0.0785. The lowest BCUT2D eigenvalue weighted by atomic mass is 10.3. The molecule has 0 radical (unpaired) electrons. The minimum Gasteiger partial charge on any atom is -0.476 e. The third-order valence-corrected chi connectivity index (χ3v) is 1.42. The standard InChI is InChI=1S/C7H8N2O3/c1-4-3-9(5(2)10)8-6(4)7(11)12/h3H,1-2H3,(H,11,12). The van der Waals surface area contributed by atoms with Gasteiger partial charge in [0.15, 0.2) is 5.69 Å². The molecule has 1 N–H and O–H groups in total. The molecule has 12 heavy (non-hydrogen) atoms. The zero-order valence-corrected chi connectivity index (χ0v) is 6.74. The van der Waals surface area contributed by atoms with Crippen LogP contribution in [-0.2, 0) is 0 Å². The van der Waals surface area contributed by atoms with E-state index in [1.807, 2.05) is 0 Å². The monoisotopic (exact) mass is 168 g/mol. The molecule has 0 unspecified atom stereocenters. The van der Waals surface area contributed by atoms with E-state index in [0.29, 0.717) is 5.56 Å². The van der Waals surface area contributed by atoms with Crippen molar-refractivity contribution >= 4 is 11.9 Å². The summed E-state index contributed by atoms with van der Waals surface area (Å²) < 4.78 is 1.01. The fourth-order valence-electron chi connectivity index (χ4n) is 0.833. The van der Waals surface area contributed by atoms with Gasteiger partial charge in [-0.05, 0) is 6.92 Å². The summed E-state index contributed by atoms with van der Waals surface area (Å²) in [5, 5.41) is 12.2. The average molecular weight is 168 g/mol. The van der Waals surface area contributed by atoms with E-state index >= 15 is 0 Å². The molecule has 0 spiro atoms. The van der Waals surface area contributed by atoms with Crippen LogP contribution in [0.3, 0.4) is 0 Å². The smallest absolute Gasteiger partial charge is 0.356 e. The Kier molecular flexibility index (Phi) is 1.95. The first-order chi connectivity index (χ1) is 5.52. The zero-order chi connectivity index (χ0) is 9.30. The summed E-state index contributed by atoms with van der Waals surface area (Å²) >= 11 is 0. The molecule has 0 aliphatic heterocycles. The maximum atomic E-state index is 10.7. The lowest BCUT2D eigenvalue weighted by Crippen LogP contribution is -2.08. The van der Waals surface area contributed by atoms with Gasteiger partial charge in [-0.15, -0.1) is 0 Å².